The Kier molecular flexibility index (Phi) is 6.72. The van der Waals surface area contributed by atoms with Crippen molar-refractivity contribution in [3.8, 4) is 16.9 Å². The lowest BCUT2D eigenvalue weighted by Gasteiger charge is -2.32. The van der Waals surface area contributed by atoms with Gasteiger partial charge in [-0.15, -0.1) is 0 Å². The van der Waals surface area contributed by atoms with Gasteiger partial charge in [0.05, 0.1) is 37.3 Å². The quantitative estimate of drug-likeness (QED) is 0.596. The monoisotopic (exact) mass is 434 g/mol. The Balaban J connectivity index is 1.71. The van der Waals surface area contributed by atoms with E-state index < -0.39 is 5.91 Å². The molecule has 0 atom stereocenters. The van der Waals surface area contributed by atoms with Gasteiger partial charge in [-0.2, -0.15) is 0 Å². The molecular formula is C24H26N4O2S. The number of rotatable bonds is 7. The first-order valence-corrected chi connectivity index (χ1v) is 11.2. The maximum Gasteiger partial charge on any atom is 0.223 e. The molecule has 31 heavy (non-hydrogen) atoms. The number of hydrogen-bond donors (Lipinski definition) is 1. The van der Waals surface area contributed by atoms with Crippen LogP contribution in [0, 0.1) is 0 Å². The fourth-order valence-electron chi connectivity index (χ4n) is 3.86. The standard InChI is InChI=1S/C24H26N4O2S/c1-30-21-14-19(31-23-16-26-18(15-27-23)12-22(25)29)13-20(17-8-4-2-5-9-17)24(21)28-10-6-3-7-11-28/h2,4-5,8-9,13-16H,3,6-7,10-12H2,1H3,(H2,25,29). The molecule has 0 bridgehead atoms. The summed E-state index contributed by atoms with van der Waals surface area (Å²) >= 11 is 1.52. The Labute approximate surface area is 186 Å². The molecule has 0 spiro atoms. The van der Waals surface area contributed by atoms with Crippen molar-refractivity contribution in [2.24, 2.45) is 5.73 Å². The molecule has 6 nitrogen and oxygen atoms in total. The maximum atomic E-state index is 11.1. The third kappa shape index (κ3) is 5.17. The second kappa shape index (κ2) is 9.83. The number of piperidine rings is 1. The fourth-order valence-corrected chi connectivity index (χ4v) is 4.66. The summed E-state index contributed by atoms with van der Waals surface area (Å²) in [6, 6.07) is 14.7. The van der Waals surface area contributed by atoms with Crippen LogP contribution in [0.4, 0.5) is 5.69 Å². The van der Waals surface area contributed by atoms with E-state index in [1.54, 1.807) is 19.5 Å². The van der Waals surface area contributed by atoms with Gasteiger partial charge < -0.3 is 15.4 Å². The van der Waals surface area contributed by atoms with E-state index in [0.717, 1.165) is 45.6 Å². The molecule has 7 heteroatoms. The number of aromatic nitrogens is 2. The van der Waals surface area contributed by atoms with Gasteiger partial charge in [0.1, 0.15) is 10.8 Å². The highest BCUT2D eigenvalue weighted by Crippen LogP contribution is 2.44. The molecule has 2 heterocycles. The van der Waals surface area contributed by atoms with Crippen LogP contribution < -0.4 is 15.4 Å². The second-order valence-corrected chi connectivity index (χ2v) is 8.62. The van der Waals surface area contributed by atoms with Crippen LogP contribution >= 0.6 is 11.8 Å². The third-order valence-electron chi connectivity index (χ3n) is 5.28. The van der Waals surface area contributed by atoms with Crippen LogP contribution in [0.5, 0.6) is 5.75 Å². The van der Waals surface area contributed by atoms with Crippen LogP contribution in [0.15, 0.2) is 64.8 Å². The van der Waals surface area contributed by atoms with E-state index in [1.807, 2.05) is 6.07 Å². The van der Waals surface area contributed by atoms with Gasteiger partial charge in [0.25, 0.3) is 0 Å². The molecule has 3 aromatic rings. The minimum Gasteiger partial charge on any atom is -0.495 e. The number of methoxy groups -OCH3 is 1. The van der Waals surface area contributed by atoms with Gasteiger partial charge in [0.15, 0.2) is 0 Å². The maximum absolute atomic E-state index is 11.1. The molecule has 1 saturated heterocycles. The van der Waals surface area contributed by atoms with Gasteiger partial charge in [-0.05, 0) is 37.0 Å². The van der Waals surface area contributed by atoms with Gasteiger partial charge >= 0.3 is 0 Å². The van der Waals surface area contributed by atoms with Crippen LogP contribution in [-0.4, -0.2) is 36.1 Å². The summed E-state index contributed by atoms with van der Waals surface area (Å²) < 4.78 is 5.86. The number of amides is 1. The largest absolute Gasteiger partial charge is 0.495 e. The number of benzene rings is 2. The molecule has 4 rings (SSSR count). The molecule has 0 unspecified atom stereocenters. The number of hydrogen-bond acceptors (Lipinski definition) is 6. The minimum absolute atomic E-state index is 0.0917. The number of nitrogens with zero attached hydrogens (tertiary/aromatic N) is 3. The highest BCUT2D eigenvalue weighted by atomic mass is 32.2. The smallest absolute Gasteiger partial charge is 0.223 e. The lowest BCUT2D eigenvalue weighted by Crippen LogP contribution is -2.30. The highest BCUT2D eigenvalue weighted by molar-refractivity contribution is 7.99. The lowest BCUT2D eigenvalue weighted by atomic mass is 10.0. The van der Waals surface area contributed by atoms with Crippen molar-refractivity contribution in [2.45, 2.75) is 35.6 Å². The van der Waals surface area contributed by atoms with Crippen LogP contribution in [0.1, 0.15) is 25.0 Å². The Hall–Kier alpha value is -3.06. The molecule has 0 saturated carbocycles. The van der Waals surface area contributed by atoms with Crippen LogP contribution in [-0.2, 0) is 11.2 Å². The molecule has 1 aliphatic heterocycles. The van der Waals surface area contributed by atoms with Gasteiger partial charge in [-0.25, -0.2) is 4.98 Å². The average molecular weight is 435 g/mol. The number of carbonyl (C=O) groups is 1. The number of ether oxygens (including phenoxy) is 1. The van der Waals surface area contributed by atoms with Gasteiger partial charge in [-0.1, -0.05) is 42.1 Å². The number of nitrogens with two attached hydrogens (primary N) is 1. The molecule has 2 aromatic carbocycles. The topological polar surface area (TPSA) is 81.3 Å². The van der Waals surface area contributed by atoms with Crippen molar-refractivity contribution in [3.63, 3.8) is 0 Å². The van der Waals surface area contributed by atoms with E-state index in [-0.39, 0.29) is 6.42 Å². The predicted octanol–water partition coefficient (Wildman–Crippen LogP) is 4.32. The zero-order valence-corrected chi connectivity index (χ0v) is 18.4. The highest BCUT2D eigenvalue weighted by Gasteiger charge is 2.21. The molecule has 1 aliphatic rings. The Morgan fingerprint density at radius 3 is 2.52 bits per heavy atom. The SMILES string of the molecule is COc1cc(Sc2cnc(CC(N)=O)cn2)cc(-c2ccccc2)c1N1CCCCC1. The molecule has 0 aliphatic carbocycles. The summed E-state index contributed by atoms with van der Waals surface area (Å²) in [5, 5.41) is 0.750. The Bertz CT molecular complexity index is 1040. The van der Waals surface area contributed by atoms with Crippen LogP contribution in [0.25, 0.3) is 11.1 Å². The number of primary amides is 1. The van der Waals surface area contributed by atoms with Crippen molar-refractivity contribution in [3.05, 3.63) is 60.6 Å². The summed E-state index contributed by atoms with van der Waals surface area (Å²) in [5.74, 6) is 0.448. The van der Waals surface area contributed by atoms with Crippen molar-refractivity contribution in [2.75, 3.05) is 25.1 Å². The minimum atomic E-state index is -0.416. The van der Waals surface area contributed by atoms with Crippen LogP contribution in [0.2, 0.25) is 0 Å². The Morgan fingerprint density at radius 1 is 1.10 bits per heavy atom. The summed E-state index contributed by atoms with van der Waals surface area (Å²) in [6.45, 7) is 2.07. The molecular weight excluding hydrogens is 408 g/mol. The Morgan fingerprint density at radius 2 is 1.87 bits per heavy atom. The van der Waals surface area contributed by atoms with E-state index in [0.29, 0.717) is 5.69 Å². The normalized spacial score (nSPS) is 13.8. The number of anilines is 1. The summed E-state index contributed by atoms with van der Waals surface area (Å²) in [7, 11) is 1.73. The predicted molar refractivity (Wildman–Crippen MR) is 124 cm³/mol. The molecule has 0 radical (unpaired) electrons. The molecule has 1 aromatic heterocycles. The fraction of sp³-hybridized carbons (Fsp3) is 0.292. The van der Waals surface area contributed by atoms with E-state index in [1.165, 1.54) is 31.0 Å². The molecule has 2 N–H and O–H groups in total. The molecule has 160 valence electrons. The summed E-state index contributed by atoms with van der Waals surface area (Å²) in [4.78, 5) is 23.3. The van der Waals surface area contributed by atoms with Gasteiger partial charge in [0.2, 0.25) is 5.91 Å². The zero-order valence-electron chi connectivity index (χ0n) is 17.6. The van der Waals surface area contributed by atoms with E-state index >= 15 is 0 Å². The first kappa shape index (κ1) is 21.2. The first-order valence-electron chi connectivity index (χ1n) is 10.4. The van der Waals surface area contributed by atoms with E-state index in [4.69, 9.17) is 10.5 Å². The average Bonchev–Trinajstić information content (AvgIpc) is 2.80. The number of carbonyl (C=O) groups excluding carboxylic acids is 1. The van der Waals surface area contributed by atoms with E-state index in [9.17, 15) is 4.79 Å². The van der Waals surface area contributed by atoms with E-state index in [2.05, 4.69) is 51.3 Å². The summed E-state index contributed by atoms with van der Waals surface area (Å²) in [5.41, 5.74) is 9.27. The third-order valence-corrected chi connectivity index (χ3v) is 6.18. The van der Waals surface area contributed by atoms with Crippen LogP contribution in [0.3, 0.4) is 0 Å². The zero-order chi connectivity index (χ0) is 21.6. The molecule has 1 fully saturated rings. The first-order chi connectivity index (χ1) is 15.1. The summed E-state index contributed by atoms with van der Waals surface area (Å²) in [6.07, 6.45) is 7.04. The van der Waals surface area contributed by atoms with Crippen molar-refractivity contribution >= 4 is 23.4 Å². The molecule has 1 amide bonds. The lowest BCUT2D eigenvalue weighted by molar-refractivity contribution is -0.117. The van der Waals surface area contributed by atoms with Crippen molar-refractivity contribution in [1.29, 1.82) is 0 Å². The second-order valence-electron chi connectivity index (χ2n) is 7.53. The van der Waals surface area contributed by atoms with Crippen molar-refractivity contribution < 1.29 is 9.53 Å². The van der Waals surface area contributed by atoms with Crippen molar-refractivity contribution in [1.82, 2.24) is 9.97 Å². The van der Waals surface area contributed by atoms with Gasteiger partial charge in [0, 0.05) is 23.5 Å². The van der Waals surface area contributed by atoms with Gasteiger partial charge in [-0.3, -0.25) is 9.78 Å².